The van der Waals surface area contributed by atoms with Gasteiger partial charge in [-0.3, -0.25) is 0 Å². The normalized spacial score (nSPS) is 15.4. The molecule has 0 spiro atoms. The van der Waals surface area contributed by atoms with Gasteiger partial charge in [-0.1, -0.05) is 29.5 Å². The zero-order chi connectivity index (χ0) is 21.4. The van der Waals surface area contributed by atoms with Crippen LogP contribution in [0, 0.1) is 13.8 Å². The fourth-order valence-electron chi connectivity index (χ4n) is 3.70. The van der Waals surface area contributed by atoms with Crippen LogP contribution in [0.2, 0.25) is 0 Å². The lowest BCUT2D eigenvalue weighted by Crippen LogP contribution is -2.07. The van der Waals surface area contributed by atoms with E-state index in [-0.39, 0.29) is 5.25 Å². The third-order valence-corrected chi connectivity index (χ3v) is 6.34. The van der Waals surface area contributed by atoms with Crippen molar-refractivity contribution in [3.05, 3.63) is 58.8 Å². The number of ether oxygens (including phenoxy) is 3. The number of thioether (sulfide) groups is 1. The number of methoxy groups -OCH3 is 3. The third-order valence-electron chi connectivity index (χ3n) is 5.16. The molecule has 2 aromatic carbocycles. The van der Waals surface area contributed by atoms with Crippen LogP contribution < -0.4 is 14.2 Å². The molecule has 2 heterocycles. The molecule has 0 amide bonds. The molecule has 1 aromatic heterocycles. The van der Waals surface area contributed by atoms with Crippen molar-refractivity contribution in [2.24, 2.45) is 4.99 Å². The second-order valence-corrected chi connectivity index (χ2v) is 8.46. The molecule has 3 aromatic rings. The molecule has 1 aliphatic rings. The number of aryl methyl sites for hydroxylation is 2. The average molecular weight is 424 g/mol. The van der Waals surface area contributed by atoms with Crippen LogP contribution >= 0.6 is 11.8 Å². The molecule has 6 nitrogen and oxygen atoms in total. The second kappa shape index (κ2) is 8.07. The first-order valence-corrected chi connectivity index (χ1v) is 10.5. The average Bonchev–Trinajstić information content (AvgIpc) is 3.08. The number of fused-ring (bicyclic) bond motifs is 1. The molecule has 4 rings (SSSR count). The Morgan fingerprint density at radius 1 is 0.900 bits per heavy atom. The Morgan fingerprint density at radius 3 is 2.10 bits per heavy atom. The van der Waals surface area contributed by atoms with Crippen LogP contribution in [0.4, 0.5) is 5.82 Å². The van der Waals surface area contributed by atoms with Gasteiger partial charge in [0, 0.05) is 5.56 Å². The Balaban J connectivity index is 1.88. The van der Waals surface area contributed by atoms with Crippen LogP contribution in [0.15, 0.2) is 41.4 Å². The highest BCUT2D eigenvalue weighted by Crippen LogP contribution is 2.50. The van der Waals surface area contributed by atoms with E-state index in [9.17, 15) is 0 Å². The minimum Gasteiger partial charge on any atom is -0.493 e. The van der Waals surface area contributed by atoms with E-state index in [1.807, 2.05) is 30.7 Å². The quantitative estimate of drug-likeness (QED) is 0.550. The fourth-order valence-corrected chi connectivity index (χ4v) is 4.85. The first-order chi connectivity index (χ1) is 14.5. The molecule has 30 heavy (non-hydrogen) atoms. The van der Waals surface area contributed by atoms with E-state index in [1.165, 1.54) is 5.56 Å². The standard InChI is InChI=1S/C23H25N3O3S/c1-13-7-9-17(10-8-13)26-23-20(14(2)25-26)22(30-15(3)24-23)16-11-18(27-4)21(29-6)19(12-16)28-5/h7-12,22H,1-6H3. The van der Waals surface area contributed by atoms with Crippen LogP contribution in [0.25, 0.3) is 5.69 Å². The van der Waals surface area contributed by atoms with Gasteiger partial charge in [-0.05, 0) is 50.6 Å². The lowest BCUT2D eigenvalue weighted by molar-refractivity contribution is 0.324. The van der Waals surface area contributed by atoms with Gasteiger partial charge in [0.05, 0.1) is 43.0 Å². The van der Waals surface area contributed by atoms with Crippen molar-refractivity contribution in [2.45, 2.75) is 26.0 Å². The van der Waals surface area contributed by atoms with E-state index in [0.717, 1.165) is 33.4 Å². The summed E-state index contributed by atoms with van der Waals surface area (Å²) in [5.74, 6) is 2.73. The van der Waals surface area contributed by atoms with Gasteiger partial charge in [-0.2, -0.15) is 5.10 Å². The van der Waals surface area contributed by atoms with Crippen molar-refractivity contribution >= 4 is 22.6 Å². The minimum absolute atomic E-state index is 0.0189. The van der Waals surface area contributed by atoms with Crippen LogP contribution in [-0.4, -0.2) is 36.2 Å². The molecule has 156 valence electrons. The van der Waals surface area contributed by atoms with Crippen molar-refractivity contribution in [3.63, 3.8) is 0 Å². The predicted octanol–water partition coefficient (Wildman–Crippen LogP) is 5.40. The molecular weight excluding hydrogens is 398 g/mol. The lowest BCUT2D eigenvalue weighted by Gasteiger charge is -2.23. The third kappa shape index (κ3) is 3.43. The molecule has 0 saturated heterocycles. The Hall–Kier alpha value is -2.93. The van der Waals surface area contributed by atoms with Crippen molar-refractivity contribution in [3.8, 4) is 22.9 Å². The largest absolute Gasteiger partial charge is 0.493 e. The van der Waals surface area contributed by atoms with Crippen molar-refractivity contribution in [1.82, 2.24) is 9.78 Å². The zero-order valence-electron chi connectivity index (χ0n) is 18.0. The number of hydrogen-bond donors (Lipinski definition) is 0. The van der Waals surface area contributed by atoms with Gasteiger partial charge < -0.3 is 14.2 Å². The van der Waals surface area contributed by atoms with Gasteiger partial charge in [0.15, 0.2) is 17.3 Å². The van der Waals surface area contributed by atoms with Crippen molar-refractivity contribution in [1.29, 1.82) is 0 Å². The Morgan fingerprint density at radius 2 is 1.53 bits per heavy atom. The summed E-state index contributed by atoms with van der Waals surface area (Å²) in [7, 11) is 4.88. The fraction of sp³-hybridized carbons (Fsp3) is 0.304. The van der Waals surface area contributed by atoms with Gasteiger partial charge in [0.2, 0.25) is 5.75 Å². The van der Waals surface area contributed by atoms with Gasteiger partial charge in [0.25, 0.3) is 0 Å². The number of nitrogens with zero attached hydrogens (tertiary/aromatic N) is 3. The predicted molar refractivity (Wildman–Crippen MR) is 121 cm³/mol. The van der Waals surface area contributed by atoms with Crippen molar-refractivity contribution in [2.75, 3.05) is 21.3 Å². The van der Waals surface area contributed by atoms with Crippen LogP contribution in [-0.2, 0) is 0 Å². The van der Waals surface area contributed by atoms with Gasteiger partial charge in [-0.15, -0.1) is 0 Å². The van der Waals surface area contributed by atoms with Crippen molar-refractivity contribution < 1.29 is 14.2 Å². The lowest BCUT2D eigenvalue weighted by atomic mass is 10.0. The molecule has 0 radical (unpaired) electrons. The molecule has 0 saturated carbocycles. The van der Waals surface area contributed by atoms with E-state index in [2.05, 4.69) is 31.2 Å². The van der Waals surface area contributed by atoms with Crippen LogP contribution in [0.5, 0.6) is 17.2 Å². The zero-order valence-corrected chi connectivity index (χ0v) is 18.8. The highest BCUT2D eigenvalue weighted by molar-refractivity contribution is 8.14. The summed E-state index contributed by atoms with van der Waals surface area (Å²) in [5.41, 5.74) is 5.31. The maximum absolute atomic E-state index is 5.58. The van der Waals surface area contributed by atoms with E-state index >= 15 is 0 Å². The van der Waals surface area contributed by atoms with E-state index in [1.54, 1.807) is 33.1 Å². The topological polar surface area (TPSA) is 57.9 Å². The second-order valence-electron chi connectivity index (χ2n) is 7.16. The summed E-state index contributed by atoms with van der Waals surface area (Å²) >= 11 is 1.70. The summed E-state index contributed by atoms with van der Waals surface area (Å²) in [5, 5.41) is 5.83. The number of benzene rings is 2. The SMILES string of the molecule is COc1cc(C2SC(C)=Nc3c2c(C)nn3-c2ccc(C)cc2)cc(OC)c1OC. The smallest absolute Gasteiger partial charge is 0.203 e. The number of hydrogen-bond acceptors (Lipinski definition) is 6. The molecule has 1 unspecified atom stereocenters. The molecule has 0 fully saturated rings. The van der Waals surface area contributed by atoms with Crippen LogP contribution in [0.1, 0.15) is 34.6 Å². The summed E-state index contributed by atoms with van der Waals surface area (Å²) < 4.78 is 18.6. The van der Waals surface area contributed by atoms with E-state index in [4.69, 9.17) is 24.3 Å². The molecule has 0 aliphatic carbocycles. The molecule has 0 N–H and O–H groups in total. The summed E-state index contributed by atoms with van der Waals surface area (Å²) in [4.78, 5) is 4.85. The highest BCUT2D eigenvalue weighted by Gasteiger charge is 2.31. The Bertz CT molecular complexity index is 1090. The molecule has 1 aliphatic heterocycles. The first-order valence-electron chi connectivity index (χ1n) is 9.65. The van der Waals surface area contributed by atoms with E-state index < -0.39 is 0 Å². The molecular formula is C23H25N3O3S. The van der Waals surface area contributed by atoms with Gasteiger partial charge >= 0.3 is 0 Å². The first kappa shape index (κ1) is 20.3. The van der Waals surface area contributed by atoms with E-state index in [0.29, 0.717) is 17.2 Å². The number of rotatable bonds is 5. The minimum atomic E-state index is 0.0189. The highest BCUT2D eigenvalue weighted by atomic mass is 32.2. The number of aromatic nitrogens is 2. The maximum atomic E-state index is 5.58. The summed E-state index contributed by atoms with van der Waals surface area (Å²) in [6, 6.07) is 12.3. The number of aliphatic imine (C=N–C) groups is 1. The molecule has 7 heteroatoms. The molecule has 1 atom stereocenters. The Labute approximate surface area is 180 Å². The summed E-state index contributed by atoms with van der Waals surface area (Å²) in [6.45, 7) is 6.14. The maximum Gasteiger partial charge on any atom is 0.203 e. The van der Waals surface area contributed by atoms with Gasteiger partial charge in [0.1, 0.15) is 0 Å². The van der Waals surface area contributed by atoms with Crippen LogP contribution in [0.3, 0.4) is 0 Å². The van der Waals surface area contributed by atoms with Gasteiger partial charge in [-0.25, -0.2) is 9.67 Å². The molecule has 0 bridgehead atoms. The Kier molecular flexibility index (Phi) is 5.47. The monoisotopic (exact) mass is 423 g/mol. The summed E-state index contributed by atoms with van der Waals surface area (Å²) in [6.07, 6.45) is 0.